The standard InChI is InChI=1S/C23H26N4O2/c1-23(2,3)18-10-6-7-11-19(18)27-21(28)17-14-25-22(26-15-17)24-13-16-9-5-8-12-20(16)29-4/h5-12,14-15H,13H2,1-4H3,(H,27,28)(H,24,25,26). The summed E-state index contributed by atoms with van der Waals surface area (Å²) in [5.74, 6) is 1.01. The molecule has 3 aromatic rings. The molecule has 0 fully saturated rings. The van der Waals surface area contributed by atoms with Gasteiger partial charge in [-0.05, 0) is 23.1 Å². The highest BCUT2D eigenvalue weighted by Gasteiger charge is 2.19. The number of nitrogens with one attached hydrogen (secondary N) is 2. The van der Waals surface area contributed by atoms with Crippen molar-refractivity contribution in [3.8, 4) is 5.75 Å². The summed E-state index contributed by atoms with van der Waals surface area (Å²) in [6, 6.07) is 15.6. The molecule has 0 bridgehead atoms. The van der Waals surface area contributed by atoms with Crippen molar-refractivity contribution in [1.29, 1.82) is 0 Å². The molecule has 6 nitrogen and oxygen atoms in total. The van der Waals surface area contributed by atoms with Gasteiger partial charge in [-0.15, -0.1) is 0 Å². The van der Waals surface area contributed by atoms with Crippen LogP contribution >= 0.6 is 0 Å². The number of rotatable bonds is 6. The Labute approximate surface area is 171 Å². The molecule has 1 amide bonds. The fraction of sp³-hybridized carbons (Fsp3) is 0.261. The Morgan fingerprint density at radius 3 is 2.34 bits per heavy atom. The number of nitrogens with zero attached hydrogens (tertiary/aromatic N) is 2. The van der Waals surface area contributed by atoms with E-state index in [1.165, 1.54) is 12.4 Å². The predicted molar refractivity (Wildman–Crippen MR) is 115 cm³/mol. The molecular formula is C23H26N4O2. The van der Waals surface area contributed by atoms with E-state index in [4.69, 9.17) is 4.74 Å². The van der Waals surface area contributed by atoms with Crippen molar-refractivity contribution in [3.05, 3.63) is 77.6 Å². The Kier molecular flexibility index (Phi) is 6.12. The van der Waals surface area contributed by atoms with Crippen LogP contribution in [0.25, 0.3) is 0 Å². The molecule has 1 aromatic heterocycles. The SMILES string of the molecule is COc1ccccc1CNc1ncc(C(=O)Nc2ccccc2C(C)(C)C)cn1. The van der Waals surface area contributed by atoms with Gasteiger partial charge in [0.1, 0.15) is 5.75 Å². The summed E-state index contributed by atoms with van der Waals surface area (Å²) in [6.45, 7) is 6.87. The number of methoxy groups -OCH3 is 1. The third kappa shape index (κ3) is 5.10. The topological polar surface area (TPSA) is 76.1 Å². The van der Waals surface area contributed by atoms with Crippen molar-refractivity contribution >= 4 is 17.5 Å². The molecular weight excluding hydrogens is 364 g/mol. The van der Waals surface area contributed by atoms with Gasteiger partial charge in [0.05, 0.1) is 12.7 Å². The normalized spacial score (nSPS) is 11.0. The van der Waals surface area contributed by atoms with Crippen LogP contribution in [-0.4, -0.2) is 23.0 Å². The van der Waals surface area contributed by atoms with Crippen LogP contribution in [0, 0.1) is 0 Å². The van der Waals surface area contributed by atoms with Gasteiger partial charge in [0.15, 0.2) is 0 Å². The number of hydrogen-bond donors (Lipinski definition) is 2. The van der Waals surface area contributed by atoms with Gasteiger partial charge in [-0.3, -0.25) is 4.79 Å². The molecule has 0 atom stereocenters. The maximum absolute atomic E-state index is 12.6. The van der Waals surface area contributed by atoms with Gasteiger partial charge in [-0.1, -0.05) is 57.2 Å². The molecule has 0 saturated heterocycles. The van der Waals surface area contributed by atoms with Crippen molar-refractivity contribution in [2.45, 2.75) is 32.7 Å². The number of carbonyl (C=O) groups excluding carboxylic acids is 1. The predicted octanol–water partition coefficient (Wildman–Crippen LogP) is 4.65. The number of aromatic nitrogens is 2. The molecule has 0 spiro atoms. The minimum absolute atomic E-state index is 0.0767. The second-order valence-corrected chi connectivity index (χ2v) is 7.71. The minimum Gasteiger partial charge on any atom is -0.496 e. The lowest BCUT2D eigenvalue weighted by atomic mass is 9.86. The van der Waals surface area contributed by atoms with Crippen LogP contribution in [0.5, 0.6) is 5.75 Å². The van der Waals surface area contributed by atoms with Gasteiger partial charge in [0.2, 0.25) is 5.95 Å². The molecule has 0 radical (unpaired) electrons. The first kappa shape index (κ1) is 20.3. The third-order valence-electron chi connectivity index (χ3n) is 4.53. The smallest absolute Gasteiger partial charge is 0.258 e. The Balaban J connectivity index is 1.67. The zero-order valence-electron chi connectivity index (χ0n) is 17.2. The maximum Gasteiger partial charge on any atom is 0.258 e. The van der Waals surface area contributed by atoms with E-state index in [2.05, 4.69) is 41.4 Å². The van der Waals surface area contributed by atoms with Crippen molar-refractivity contribution in [1.82, 2.24) is 9.97 Å². The van der Waals surface area contributed by atoms with E-state index >= 15 is 0 Å². The molecule has 29 heavy (non-hydrogen) atoms. The number of benzene rings is 2. The molecule has 2 N–H and O–H groups in total. The van der Waals surface area contributed by atoms with Crippen LogP contribution in [0.3, 0.4) is 0 Å². The van der Waals surface area contributed by atoms with Gasteiger partial charge in [-0.2, -0.15) is 0 Å². The summed E-state index contributed by atoms with van der Waals surface area (Å²) in [4.78, 5) is 21.2. The number of anilines is 2. The van der Waals surface area contributed by atoms with Gasteiger partial charge in [0.25, 0.3) is 5.91 Å². The lowest BCUT2D eigenvalue weighted by Crippen LogP contribution is -2.19. The summed E-state index contributed by atoms with van der Waals surface area (Å²) < 4.78 is 5.34. The summed E-state index contributed by atoms with van der Waals surface area (Å²) in [5.41, 5.74) is 3.19. The molecule has 0 unspecified atom stereocenters. The second kappa shape index (κ2) is 8.73. The van der Waals surface area contributed by atoms with Crippen molar-refractivity contribution in [2.75, 3.05) is 17.7 Å². The number of para-hydroxylation sites is 2. The minimum atomic E-state index is -0.238. The van der Waals surface area contributed by atoms with Crippen molar-refractivity contribution in [3.63, 3.8) is 0 Å². The molecule has 1 heterocycles. The van der Waals surface area contributed by atoms with E-state index in [1.807, 2.05) is 48.5 Å². The summed E-state index contributed by atoms with van der Waals surface area (Å²) in [6.07, 6.45) is 3.04. The molecule has 0 aliphatic rings. The molecule has 0 aliphatic heterocycles. The first-order valence-corrected chi connectivity index (χ1v) is 9.47. The second-order valence-electron chi connectivity index (χ2n) is 7.71. The van der Waals surface area contributed by atoms with E-state index in [9.17, 15) is 4.79 Å². The highest BCUT2D eigenvalue weighted by Crippen LogP contribution is 2.29. The monoisotopic (exact) mass is 390 g/mol. The zero-order valence-corrected chi connectivity index (χ0v) is 17.2. The summed E-state index contributed by atoms with van der Waals surface area (Å²) >= 11 is 0. The number of carbonyl (C=O) groups is 1. The van der Waals surface area contributed by atoms with Crippen molar-refractivity contribution in [2.24, 2.45) is 0 Å². The largest absolute Gasteiger partial charge is 0.496 e. The number of hydrogen-bond acceptors (Lipinski definition) is 5. The Hall–Kier alpha value is -3.41. The molecule has 150 valence electrons. The van der Waals surface area contributed by atoms with E-state index in [-0.39, 0.29) is 11.3 Å². The third-order valence-corrected chi connectivity index (χ3v) is 4.53. The highest BCUT2D eigenvalue weighted by atomic mass is 16.5. The molecule has 6 heteroatoms. The summed E-state index contributed by atoms with van der Waals surface area (Å²) in [7, 11) is 1.64. The Bertz CT molecular complexity index is 979. The van der Waals surface area contributed by atoms with Crippen LogP contribution in [-0.2, 0) is 12.0 Å². The van der Waals surface area contributed by atoms with E-state index in [0.29, 0.717) is 18.1 Å². The molecule has 0 aliphatic carbocycles. The summed E-state index contributed by atoms with van der Waals surface area (Å²) in [5, 5.41) is 6.12. The lowest BCUT2D eigenvalue weighted by Gasteiger charge is -2.23. The van der Waals surface area contributed by atoms with E-state index in [0.717, 1.165) is 22.6 Å². The van der Waals surface area contributed by atoms with Gasteiger partial charge in [0, 0.05) is 30.2 Å². The highest BCUT2D eigenvalue weighted by molar-refractivity contribution is 6.04. The number of amides is 1. The fourth-order valence-electron chi connectivity index (χ4n) is 3.00. The maximum atomic E-state index is 12.6. The Morgan fingerprint density at radius 2 is 1.66 bits per heavy atom. The quantitative estimate of drug-likeness (QED) is 0.641. The van der Waals surface area contributed by atoms with E-state index in [1.54, 1.807) is 7.11 Å². The van der Waals surface area contributed by atoms with Gasteiger partial charge in [-0.25, -0.2) is 9.97 Å². The molecule has 2 aromatic carbocycles. The molecule has 0 saturated carbocycles. The average Bonchev–Trinajstić information content (AvgIpc) is 2.72. The van der Waals surface area contributed by atoms with Crippen LogP contribution in [0.15, 0.2) is 60.9 Å². The van der Waals surface area contributed by atoms with Gasteiger partial charge < -0.3 is 15.4 Å². The van der Waals surface area contributed by atoms with Crippen LogP contribution in [0.1, 0.15) is 42.3 Å². The first-order valence-electron chi connectivity index (χ1n) is 9.47. The fourth-order valence-corrected chi connectivity index (χ4v) is 3.00. The average molecular weight is 390 g/mol. The van der Waals surface area contributed by atoms with E-state index < -0.39 is 0 Å². The van der Waals surface area contributed by atoms with Crippen LogP contribution in [0.4, 0.5) is 11.6 Å². The lowest BCUT2D eigenvalue weighted by molar-refractivity contribution is 0.102. The molecule has 3 rings (SSSR count). The zero-order chi connectivity index (χ0) is 20.9. The number of ether oxygens (including phenoxy) is 1. The Morgan fingerprint density at radius 1 is 1.00 bits per heavy atom. The van der Waals surface area contributed by atoms with Crippen LogP contribution < -0.4 is 15.4 Å². The van der Waals surface area contributed by atoms with Crippen LogP contribution in [0.2, 0.25) is 0 Å². The van der Waals surface area contributed by atoms with Gasteiger partial charge >= 0.3 is 0 Å². The van der Waals surface area contributed by atoms with Crippen molar-refractivity contribution < 1.29 is 9.53 Å². The first-order chi connectivity index (χ1) is 13.9.